The number of hydrogen-bond acceptors (Lipinski definition) is 5. The number of ether oxygens (including phenoxy) is 1. The van der Waals surface area contributed by atoms with Gasteiger partial charge in [-0.15, -0.1) is 0 Å². The highest BCUT2D eigenvalue weighted by Gasteiger charge is 2.14. The number of rotatable bonds is 5. The fourth-order valence-electron chi connectivity index (χ4n) is 1.64. The quantitative estimate of drug-likeness (QED) is 0.805. The molecule has 1 heterocycles. The van der Waals surface area contributed by atoms with Crippen molar-refractivity contribution in [2.24, 2.45) is 0 Å². The lowest BCUT2D eigenvalue weighted by molar-refractivity contribution is 0.0600. The second-order valence-corrected chi connectivity index (χ2v) is 5.75. The highest BCUT2D eigenvalue weighted by Crippen LogP contribution is 2.12. The van der Waals surface area contributed by atoms with Gasteiger partial charge in [-0.3, -0.25) is 9.82 Å². The van der Waals surface area contributed by atoms with Gasteiger partial charge < -0.3 is 4.74 Å². The van der Waals surface area contributed by atoms with Crippen LogP contribution in [0.3, 0.4) is 0 Å². The Hall–Kier alpha value is -2.35. The van der Waals surface area contributed by atoms with Crippen LogP contribution in [0.2, 0.25) is 0 Å². The average molecular weight is 295 g/mol. The number of carbonyl (C=O) groups is 1. The van der Waals surface area contributed by atoms with Crippen molar-refractivity contribution in [3.8, 4) is 0 Å². The maximum atomic E-state index is 11.9. The Bertz CT molecular complexity index is 695. The van der Waals surface area contributed by atoms with Gasteiger partial charge in [0.2, 0.25) is 10.0 Å². The third-order valence-corrected chi connectivity index (χ3v) is 3.72. The molecule has 0 saturated heterocycles. The van der Waals surface area contributed by atoms with Crippen LogP contribution in [0.4, 0.5) is 5.82 Å². The Morgan fingerprint density at radius 2 is 2.20 bits per heavy atom. The van der Waals surface area contributed by atoms with Crippen molar-refractivity contribution in [3.05, 3.63) is 47.7 Å². The zero-order valence-corrected chi connectivity index (χ0v) is 11.5. The van der Waals surface area contributed by atoms with Gasteiger partial charge in [0.1, 0.15) is 5.82 Å². The predicted molar refractivity (Wildman–Crippen MR) is 72.6 cm³/mol. The van der Waals surface area contributed by atoms with Gasteiger partial charge >= 0.3 is 5.97 Å². The average Bonchev–Trinajstić information content (AvgIpc) is 2.89. The minimum absolute atomic E-state index is 0.253. The zero-order chi connectivity index (χ0) is 14.6. The minimum Gasteiger partial charge on any atom is -0.465 e. The summed E-state index contributed by atoms with van der Waals surface area (Å²) in [5, 5.41) is 6.15. The fourth-order valence-corrected chi connectivity index (χ4v) is 2.78. The third kappa shape index (κ3) is 3.58. The van der Waals surface area contributed by atoms with Gasteiger partial charge in [0.15, 0.2) is 0 Å². The monoisotopic (exact) mass is 295 g/mol. The molecule has 0 bridgehead atoms. The number of sulfonamides is 1. The van der Waals surface area contributed by atoms with Crippen molar-refractivity contribution in [2.75, 3.05) is 11.8 Å². The molecule has 1 aromatic heterocycles. The Labute approximate surface area is 116 Å². The lowest BCUT2D eigenvalue weighted by Gasteiger charge is -2.07. The first-order valence-electron chi connectivity index (χ1n) is 5.67. The first-order valence-corrected chi connectivity index (χ1v) is 7.32. The predicted octanol–water partition coefficient (Wildman–Crippen LogP) is 1.14. The molecule has 2 aromatic rings. The maximum absolute atomic E-state index is 11.9. The topological polar surface area (TPSA) is 101 Å². The lowest BCUT2D eigenvalue weighted by atomic mass is 10.1. The Balaban J connectivity index is 2.15. The van der Waals surface area contributed by atoms with Crippen LogP contribution in [-0.2, 0) is 20.5 Å². The van der Waals surface area contributed by atoms with Crippen LogP contribution in [0.15, 0.2) is 36.5 Å². The summed E-state index contributed by atoms with van der Waals surface area (Å²) in [5.74, 6) is -0.475. The van der Waals surface area contributed by atoms with Gasteiger partial charge in [0.05, 0.1) is 24.6 Å². The van der Waals surface area contributed by atoms with Crippen LogP contribution in [0.5, 0.6) is 0 Å². The van der Waals surface area contributed by atoms with Crippen LogP contribution in [0.1, 0.15) is 15.9 Å². The number of nitrogens with zero attached hydrogens (tertiary/aromatic N) is 1. The van der Waals surface area contributed by atoms with E-state index in [9.17, 15) is 13.2 Å². The Morgan fingerprint density at radius 1 is 1.40 bits per heavy atom. The molecule has 0 saturated carbocycles. The standard InChI is InChI=1S/C12H13N3O4S/c1-19-12(16)10-4-2-3-9(7-10)8-20(17,18)15-11-5-6-13-14-11/h2-7H,8H2,1H3,(H2,13,14,15). The molecule has 2 rings (SSSR count). The van der Waals surface area contributed by atoms with Crippen LogP contribution in [0.25, 0.3) is 0 Å². The van der Waals surface area contributed by atoms with E-state index < -0.39 is 16.0 Å². The van der Waals surface area contributed by atoms with Crippen LogP contribution >= 0.6 is 0 Å². The molecule has 7 nitrogen and oxygen atoms in total. The summed E-state index contributed by atoms with van der Waals surface area (Å²) in [4.78, 5) is 11.4. The first kappa shape index (κ1) is 14.1. The molecule has 1 aromatic carbocycles. The third-order valence-electron chi connectivity index (χ3n) is 2.47. The summed E-state index contributed by atoms with van der Waals surface area (Å²) < 4.78 is 30.8. The molecule has 0 radical (unpaired) electrons. The van der Waals surface area contributed by atoms with E-state index in [-0.39, 0.29) is 11.6 Å². The van der Waals surface area contributed by atoms with Crippen molar-refractivity contribution in [1.29, 1.82) is 0 Å². The highest BCUT2D eigenvalue weighted by molar-refractivity contribution is 7.91. The van der Waals surface area contributed by atoms with Crippen LogP contribution in [0, 0.1) is 0 Å². The van der Waals surface area contributed by atoms with E-state index in [1.807, 2.05) is 0 Å². The molecule has 0 aliphatic carbocycles. The summed E-state index contributed by atoms with van der Waals surface area (Å²) in [6, 6.07) is 7.77. The molecule has 0 spiro atoms. The van der Waals surface area contributed by atoms with E-state index in [1.165, 1.54) is 25.4 Å². The number of H-pyrrole nitrogens is 1. The molecule has 106 valence electrons. The zero-order valence-electron chi connectivity index (χ0n) is 10.7. The van der Waals surface area contributed by atoms with Crippen molar-refractivity contribution < 1.29 is 17.9 Å². The first-order chi connectivity index (χ1) is 9.50. The van der Waals surface area contributed by atoms with Gasteiger partial charge in [-0.05, 0) is 17.7 Å². The second kappa shape index (κ2) is 5.74. The number of anilines is 1. The van der Waals surface area contributed by atoms with E-state index in [0.29, 0.717) is 11.1 Å². The summed E-state index contributed by atoms with van der Waals surface area (Å²) in [6.07, 6.45) is 1.44. The van der Waals surface area contributed by atoms with E-state index in [2.05, 4.69) is 19.7 Å². The van der Waals surface area contributed by atoms with Crippen LogP contribution in [-0.4, -0.2) is 31.7 Å². The summed E-state index contributed by atoms with van der Waals surface area (Å²) in [6.45, 7) is 0. The van der Waals surface area contributed by atoms with Gasteiger partial charge in [0, 0.05) is 6.07 Å². The Morgan fingerprint density at radius 3 is 2.85 bits per heavy atom. The van der Waals surface area contributed by atoms with Crippen LogP contribution < -0.4 is 4.72 Å². The molecule has 2 N–H and O–H groups in total. The maximum Gasteiger partial charge on any atom is 0.337 e. The minimum atomic E-state index is -3.58. The number of methoxy groups -OCH3 is 1. The second-order valence-electron chi connectivity index (χ2n) is 4.02. The summed E-state index contributed by atoms with van der Waals surface area (Å²) >= 11 is 0. The van der Waals surface area contributed by atoms with E-state index in [0.717, 1.165) is 0 Å². The normalized spacial score (nSPS) is 11.1. The van der Waals surface area contributed by atoms with E-state index >= 15 is 0 Å². The summed E-state index contributed by atoms with van der Waals surface area (Å²) in [5.41, 5.74) is 0.793. The van der Waals surface area contributed by atoms with E-state index in [1.54, 1.807) is 18.2 Å². The lowest BCUT2D eigenvalue weighted by Crippen LogP contribution is -2.15. The molecule has 0 amide bonds. The smallest absolute Gasteiger partial charge is 0.337 e. The number of aromatic amines is 1. The van der Waals surface area contributed by atoms with Crippen molar-refractivity contribution in [1.82, 2.24) is 10.2 Å². The number of carbonyl (C=O) groups excluding carboxylic acids is 1. The van der Waals surface area contributed by atoms with E-state index in [4.69, 9.17) is 0 Å². The largest absolute Gasteiger partial charge is 0.465 e. The molecule has 0 atom stereocenters. The van der Waals surface area contributed by atoms with Gasteiger partial charge in [-0.2, -0.15) is 5.10 Å². The molecule has 0 unspecified atom stereocenters. The number of aromatic nitrogens is 2. The van der Waals surface area contributed by atoms with Crippen molar-refractivity contribution in [2.45, 2.75) is 5.75 Å². The number of hydrogen-bond donors (Lipinski definition) is 2. The molecular weight excluding hydrogens is 282 g/mol. The number of nitrogens with one attached hydrogen (secondary N) is 2. The van der Waals surface area contributed by atoms with Gasteiger partial charge in [-0.25, -0.2) is 13.2 Å². The number of esters is 1. The van der Waals surface area contributed by atoms with Gasteiger partial charge in [0.25, 0.3) is 0 Å². The molecule has 0 aliphatic rings. The fraction of sp³-hybridized carbons (Fsp3) is 0.167. The molecule has 0 fully saturated rings. The summed E-state index contributed by atoms with van der Waals surface area (Å²) in [7, 11) is -2.31. The number of benzene rings is 1. The molecule has 0 aliphatic heterocycles. The molecule has 20 heavy (non-hydrogen) atoms. The Kier molecular flexibility index (Phi) is 4.04. The highest BCUT2D eigenvalue weighted by atomic mass is 32.2. The van der Waals surface area contributed by atoms with Crippen molar-refractivity contribution in [3.63, 3.8) is 0 Å². The van der Waals surface area contributed by atoms with Crippen molar-refractivity contribution >= 4 is 21.8 Å². The van der Waals surface area contributed by atoms with Gasteiger partial charge in [-0.1, -0.05) is 12.1 Å². The SMILES string of the molecule is COC(=O)c1cccc(CS(=O)(=O)Nc2ccn[nH]2)c1. The molecule has 8 heteroatoms. The molecular formula is C12H13N3O4S.